The van der Waals surface area contributed by atoms with E-state index in [1.165, 1.54) is 16.9 Å². The second kappa shape index (κ2) is 23.2. The van der Waals surface area contributed by atoms with Crippen LogP contribution in [0.2, 0.25) is 0 Å². The van der Waals surface area contributed by atoms with Gasteiger partial charge in [0.15, 0.2) is 5.82 Å². The highest BCUT2D eigenvalue weighted by atomic mass is 32.1. The summed E-state index contributed by atoms with van der Waals surface area (Å²) in [5.41, 5.74) is 11.7. The Labute approximate surface area is 433 Å². The monoisotopic (exact) mass is 1030 g/mol. The van der Waals surface area contributed by atoms with E-state index in [1.54, 1.807) is 59.8 Å². The summed E-state index contributed by atoms with van der Waals surface area (Å²) in [4.78, 5) is 51.1. The minimum absolute atomic E-state index is 0.00746. The summed E-state index contributed by atoms with van der Waals surface area (Å²) in [6.45, 7) is 13.7. The lowest BCUT2D eigenvalue weighted by atomic mass is 9.92. The van der Waals surface area contributed by atoms with Crippen LogP contribution in [0.25, 0.3) is 38.6 Å². The van der Waals surface area contributed by atoms with Gasteiger partial charge in [0.1, 0.15) is 17.1 Å². The molecule has 16 nitrogen and oxygen atoms in total. The molecule has 5 aromatic heterocycles. The van der Waals surface area contributed by atoms with E-state index >= 15 is 8.78 Å². The first-order chi connectivity index (χ1) is 35.8. The number of aryl methyl sites for hydroxylation is 2. The number of anilines is 2. The van der Waals surface area contributed by atoms with E-state index in [-0.39, 0.29) is 35.9 Å². The Balaban J connectivity index is 0.000000282. The second-order valence-corrected chi connectivity index (χ2v) is 20.2. The fraction of sp³-hybridized carbons (Fsp3) is 0.436. The molecule has 4 aliphatic heterocycles. The highest BCUT2D eigenvalue weighted by Crippen LogP contribution is 2.44. The van der Waals surface area contributed by atoms with E-state index in [1.807, 2.05) is 46.9 Å². The Morgan fingerprint density at radius 3 is 2.45 bits per heavy atom. The van der Waals surface area contributed by atoms with Crippen molar-refractivity contribution >= 4 is 46.7 Å². The van der Waals surface area contributed by atoms with E-state index in [0.717, 1.165) is 71.7 Å². The number of amides is 3. The lowest BCUT2D eigenvalue weighted by molar-refractivity contribution is -0.130. The maximum Gasteiger partial charge on any atom is 0.264 e. The first-order valence-electron chi connectivity index (χ1n) is 25.6. The topological polar surface area (TPSA) is 176 Å². The molecule has 74 heavy (non-hydrogen) atoms. The second-order valence-electron chi connectivity index (χ2n) is 19.4. The fourth-order valence-electron chi connectivity index (χ4n) is 10.2. The van der Waals surface area contributed by atoms with E-state index < -0.39 is 12.5 Å². The molecule has 3 amide bonds. The molecule has 0 aliphatic carbocycles. The number of imidazole rings is 1. The number of alkyl halides is 2. The molecule has 19 heteroatoms. The molecule has 2 atom stereocenters. The summed E-state index contributed by atoms with van der Waals surface area (Å²) in [7, 11) is 0. The Morgan fingerprint density at radius 2 is 1.76 bits per heavy atom. The number of nitrogens with one attached hydrogen (secondary N) is 1. The number of aromatic nitrogens is 6. The molecule has 2 fully saturated rings. The molecule has 2 saturated heterocycles. The van der Waals surface area contributed by atoms with Gasteiger partial charge in [0, 0.05) is 87.5 Å². The molecule has 0 saturated carbocycles. The largest absolute Gasteiger partial charge is 0.391 e. The number of halogens is 2. The zero-order valence-corrected chi connectivity index (χ0v) is 43.4. The Bertz CT molecular complexity index is 3090. The maximum atomic E-state index is 15.0. The number of aliphatic hydroxyl groups is 1. The summed E-state index contributed by atoms with van der Waals surface area (Å²) in [6, 6.07) is 17.3. The number of likely N-dealkylation sites (tertiary alicyclic amines) is 1. The smallest absolute Gasteiger partial charge is 0.264 e. The Hall–Kier alpha value is -6.83. The molecule has 4 aliphatic rings. The molecule has 390 valence electrons. The average Bonchev–Trinajstić information content (AvgIpc) is 4.28. The van der Waals surface area contributed by atoms with E-state index in [0.29, 0.717) is 92.7 Å². The number of nitrogens with zero attached hydrogens (tertiary/aromatic N) is 9. The first-order valence-corrected chi connectivity index (χ1v) is 26.5. The van der Waals surface area contributed by atoms with Crippen molar-refractivity contribution in [3.8, 4) is 33.0 Å². The zero-order chi connectivity index (χ0) is 52.0. The van der Waals surface area contributed by atoms with E-state index in [4.69, 9.17) is 14.4 Å². The Morgan fingerprint density at radius 1 is 0.973 bits per heavy atom. The number of hydrogen-bond donors (Lipinski definition) is 2. The standard InChI is InChI=1S/C39H42F2N8O5.C13H14N2OS.C3H8/c1-23(50)45-11-6-33-31(22-45)39(43-49(33)26-7-13-53-14-8-26)48-9-2-3-25-15-29(30(38(40)41)19-34(25)48)24-4-12-47-35(20-42-36(47)16-24)32-17-28(54-44-32)18-37(52)46-10-5-27(51)21-46;1-9(14-7-16)11-3-5-12(6-4-11)13-10(2)15-8-17-13;1-3-2/h4,12,15-17,19-20,26-27,38,51H,2-3,5-11,13-14,18,21-22H2,1H3;3-9H,1-2H3,(H,14,16);3H2,1-2H3. The third-order valence-electron chi connectivity index (χ3n) is 14.1. The van der Waals surface area contributed by atoms with Crippen molar-refractivity contribution in [3.05, 3.63) is 112 Å². The molecular formula is C55H64F2N10O6S. The average molecular weight is 1030 g/mol. The van der Waals surface area contributed by atoms with Crippen LogP contribution in [-0.4, -0.2) is 108 Å². The number of benzene rings is 2. The van der Waals surface area contributed by atoms with Crippen molar-refractivity contribution in [2.24, 2.45) is 0 Å². The summed E-state index contributed by atoms with van der Waals surface area (Å²) < 4.78 is 45.2. The summed E-state index contributed by atoms with van der Waals surface area (Å²) >= 11 is 1.64. The van der Waals surface area contributed by atoms with Gasteiger partial charge in [0.2, 0.25) is 18.2 Å². The quantitative estimate of drug-likeness (QED) is 0.118. The maximum absolute atomic E-state index is 15.0. The number of β-amino-alcohol motifs (C(OH)–C–C–N with tert-alkyl or cyclic N) is 1. The predicted octanol–water partition coefficient (Wildman–Crippen LogP) is 9.61. The van der Waals surface area contributed by atoms with Gasteiger partial charge in [0.05, 0.1) is 59.1 Å². The van der Waals surface area contributed by atoms with Crippen LogP contribution in [0.1, 0.15) is 118 Å². The van der Waals surface area contributed by atoms with Crippen LogP contribution >= 0.6 is 11.3 Å². The van der Waals surface area contributed by atoms with Crippen LogP contribution in [0.5, 0.6) is 0 Å². The van der Waals surface area contributed by atoms with Crippen LogP contribution in [0.4, 0.5) is 20.3 Å². The minimum Gasteiger partial charge on any atom is -0.391 e. The Kier molecular flexibility index (Phi) is 16.3. The van der Waals surface area contributed by atoms with Gasteiger partial charge in [-0.3, -0.25) is 23.5 Å². The third-order valence-corrected chi connectivity index (χ3v) is 15.1. The molecule has 11 rings (SSSR count). The molecule has 0 bridgehead atoms. The molecule has 9 heterocycles. The first kappa shape index (κ1) is 52.0. The number of ether oxygens (including phenoxy) is 1. The minimum atomic E-state index is -2.73. The van der Waals surface area contributed by atoms with Crippen LogP contribution < -0.4 is 10.2 Å². The van der Waals surface area contributed by atoms with Crippen LogP contribution in [-0.2, 0) is 44.9 Å². The number of thiazole rings is 1. The van der Waals surface area contributed by atoms with Gasteiger partial charge in [0.25, 0.3) is 6.43 Å². The summed E-state index contributed by atoms with van der Waals surface area (Å²) in [5.74, 6) is 1.02. The number of rotatable bonds is 11. The summed E-state index contributed by atoms with van der Waals surface area (Å²) in [6.07, 6.45) is 6.73. The van der Waals surface area contributed by atoms with Crippen molar-refractivity contribution in [2.45, 2.75) is 117 Å². The van der Waals surface area contributed by atoms with E-state index in [9.17, 15) is 19.5 Å². The number of carbonyl (C=O) groups excluding carboxylic acids is 3. The molecular weight excluding hydrogens is 967 g/mol. The summed E-state index contributed by atoms with van der Waals surface area (Å²) in [5, 5.41) is 21.9. The predicted molar refractivity (Wildman–Crippen MR) is 279 cm³/mol. The van der Waals surface area contributed by atoms with Gasteiger partial charge in [-0.15, -0.1) is 11.3 Å². The lowest BCUT2D eigenvalue weighted by Gasteiger charge is -2.33. The lowest BCUT2D eigenvalue weighted by Crippen LogP contribution is -2.36. The van der Waals surface area contributed by atoms with Gasteiger partial charge < -0.3 is 34.4 Å². The highest BCUT2D eigenvalue weighted by molar-refractivity contribution is 7.13. The number of pyridine rings is 1. The molecule has 2 N–H and O–H groups in total. The van der Waals surface area contributed by atoms with Gasteiger partial charge >= 0.3 is 0 Å². The number of hydrogen-bond acceptors (Lipinski definition) is 12. The van der Waals surface area contributed by atoms with Gasteiger partial charge in [-0.05, 0) is 98.0 Å². The fourth-order valence-corrected chi connectivity index (χ4v) is 11.0. The molecule has 7 aromatic rings. The van der Waals surface area contributed by atoms with Crippen molar-refractivity contribution in [2.75, 3.05) is 44.3 Å². The van der Waals surface area contributed by atoms with Crippen LogP contribution in [0.15, 0.2) is 77.0 Å². The molecule has 0 spiro atoms. The highest BCUT2D eigenvalue weighted by Gasteiger charge is 2.34. The zero-order valence-electron chi connectivity index (χ0n) is 42.6. The normalized spacial score (nSPS) is 17.0. The van der Waals surface area contributed by atoms with Crippen LogP contribution in [0.3, 0.4) is 0 Å². The van der Waals surface area contributed by atoms with Crippen molar-refractivity contribution in [1.29, 1.82) is 0 Å². The number of carbonyl (C=O) groups is 3. The SMILES string of the molecule is CC(=O)N1CCc2c(c(N3CCCc4cc(-c5ccn6c(-c7cc(CC(=O)N8CCC(O)C8)on7)cnc6c5)c(C(F)F)cc43)nn2C2CCOCC2)C1.CCC.Cc1ncsc1-c1ccc(C(C)NC=O)cc1. The molecule has 2 unspecified atom stereocenters. The van der Waals surface area contributed by atoms with Gasteiger partial charge in [-0.25, -0.2) is 18.7 Å². The van der Waals surface area contributed by atoms with Gasteiger partial charge in [-0.2, -0.15) is 5.10 Å². The van der Waals surface area contributed by atoms with Crippen molar-refractivity contribution < 1.29 is 37.5 Å². The number of aliphatic hydroxyl groups excluding tert-OH is 1. The molecule has 0 radical (unpaired) electrons. The third kappa shape index (κ3) is 11.1. The molecule has 2 aromatic carbocycles. The van der Waals surface area contributed by atoms with E-state index in [2.05, 4.69) is 56.0 Å². The van der Waals surface area contributed by atoms with Crippen LogP contribution in [0, 0.1) is 6.92 Å². The van der Waals surface area contributed by atoms with Gasteiger partial charge in [-0.1, -0.05) is 49.7 Å². The van der Waals surface area contributed by atoms with Crippen molar-refractivity contribution in [1.82, 2.24) is 44.4 Å². The van der Waals surface area contributed by atoms with Crippen molar-refractivity contribution in [3.63, 3.8) is 0 Å². The number of fused-ring (bicyclic) bond motifs is 3.